The van der Waals surface area contributed by atoms with Gasteiger partial charge in [0.25, 0.3) is 0 Å². The van der Waals surface area contributed by atoms with Gasteiger partial charge in [-0.2, -0.15) is 0 Å². The first-order valence-electron chi connectivity index (χ1n) is 18.8. The number of hydrogen-bond donors (Lipinski definition) is 4. The Bertz CT molecular complexity index is 2930. The van der Waals surface area contributed by atoms with Crippen LogP contribution >= 0.6 is 0 Å². The summed E-state index contributed by atoms with van der Waals surface area (Å²) in [5.74, 6) is -1.97. The van der Waals surface area contributed by atoms with E-state index in [0.29, 0.717) is 5.75 Å². The van der Waals surface area contributed by atoms with Crippen LogP contribution in [0.15, 0.2) is 122 Å². The minimum Gasteiger partial charge on any atom is -0.482 e. The van der Waals surface area contributed by atoms with Crippen LogP contribution in [-0.2, 0) is 14.4 Å². The highest BCUT2D eigenvalue weighted by molar-refractivity contribution is 5.99. The predicted molar refractivity (Wildman–Crippen MR) is 230 cm³/mol. The van der Waals surface area contributed by atoms with Crippen molar-refractivity contribution in [2.24, 2.45) is 0 Å². The predicted octanol–water partition coefficient (Wildman–Crippen LogP) is 9.02. The second-order valence-corrected chi connectivity index (χ2v) is 13.6. The first-order valence-corrected chi connectivity index (χ1v) is 18.8. The van der Waals surface area contributed by atoms with Crippen molar-refractivity contribution in [1.82, 2.24) is 34.9 Å². The van der Waals surface area contributed by atoms with Crippen LogP contribution in [0.3, 0.4) is 0 Å². The Hall–Kier alpha value is -8.32. The summed E-state index contributed by atoms with van der Waals surface area (Å²) in [6.07, 6.45) is 13.0. The van der Waals surface area contributed by atoms with E-state index in [4.69, 9.17) is 39.9 Å². The number of fused-ring (bicyclic) bond motifs is 8. The normalized spacial score (nSPS) is 11.4. The molecule has 8 heterocycles. The Morgan fingerprint density at radius 1 is 0.517 bits per heavy atom. The van der Waals surface area contributed by atoms with Gasteiger partial charge in [0.2, 0.25) is 0 Å². The molecule has 0 fully saturated rings. The zero-order valence-electron chi connectivity index (χ0n) is 32.0. The topological polar surface area (TPSA) is 197 Å². The zero-order valence-corrected chi connectivity index (χ0v) is 32.0. The molecule has 2 aliphatic rings. The molecule has 0 saturated carbocycles. The number of carboxylic acid groups (broad SMARTS) is 2. The average molecular weight is 794 g/mol. The highest BCUT2D eigenvalue weighted by atomic mass is 16.5. The van der Waals surface area contributed by atoms with Crippen LogP contribution in [0.1, 0.15) is 36.1 Å². The Labute approximate surface area is 342 Å². The standard InChI is InChI=1S/C43H29N7O3.C4H6O3/c51-39(52)25-53-27-12-10-26(11-13-27)40-31-14-16-33(47-31)41(28-7-1-4-22-44-28)35-18-20-37(49-35)43(30-9-3-6-24-46-30)38-21-19-36(50-38)42(29-8-2-5-23-45-29)34-17-15-32(40)48-34;1-3(5)2-4(6)7/h1-24,47,50H,25H2,(H,51,52);2H2,1H3,(H,6,7). The second kappa shape index (κ2) is 17.0. The molecule has 9 rings (SSSR count). The molecule has 294 valence electrons. The third kappa shape index (κ3) is 8.36. The number of hydrogen-bond acceptors (Lipinski definition) is 9. The molecule has 6 aromatic heterocycles. The zero-order chi connectivity index (χ0) is 41.6. The molecule has 0 atom stereocenters. The third-order valence-corrected chi connectivity index (χ3v) is 9.42. The summed E-state index contributed by atoms with van der Waals surface area (Å²) >= 11 is 0. The van der Waals surface area contributed by atoms with Crippen LogP contribution in [0.4, 0.5) is 0 Å². The fraction of sp³-hybridized carbons (Fsp3) is 0.0638. The van der Waals surface area contributed by atoms with Crippen molar-refractivity contribution in [2.45, 2.75) is 13.3 Å². The van der Waals surface area contributed by atoms with Crippen LogP contribution in [-0.4, -0.2) is 69.4 Å². The quantitative estimate of drug-likeness (QED) is 0.102. The molecular formula is C47H35N7O6. The molecule has 2 aliphatic heterocycles. The van der Waals surface area contributed by atoms with Gasteiger partial charge in [0.05, 0.1) is 56.4 Å². The summed E-state index contributed by atoms with van der Waals surface area (Å²) in [5.41, 5.74) is 12.8. The SMILES string of the molecule is CC(=O)CC(=O)O.O=C(O)COc1ccc(-c2c3nc(c(-c4ccccn4)c4ccc([nH]4)c(-c4ccccn4)c4nc(c(-c5ccccn5)c5ccc2[nH]5)C=C4)C=C3)cc1. The number of aromatic nitrogens is 7. The van der Waals surface area contributed by atoms with Gasteiger partial charge in [-0.05, 0) is 110 Å². The molecule has 4 N–H and O–H groups in total. The average Bonchev–Trinajstić information content (AvgIpc) is 4.10. The van der Waals surface area contributed by atoms with E-state index in [9.17, 15) is 14.4 Å². The van der Waals surface area contributed by atoms with Crippen molar-refractivity contribution in [3.63, 3.8) is 0 Å². The summed E-state index contributed by atoms with van der Waals surface area (Å²) in [5, 5.41) is 17.0. The van der Waals surface area contributed by atoms with Crippen LogP contribution in [0.25, 0.3) is 91.3 Å². The van der Waals surface area contributed by atoms with Crippen molar-refractivity contribution < 1.29 is 29.3 Å². The van der Waals surface area contributed by atoms with Gasteiger partial charge in [-0.3, -0.25) is 24.5 Å². The molecule has 1 aromatic carbocycles. The molecule has 13 heteroatoms. The Morgan fingerprint density at radius 2 is 0.917 bits per heavy atom. The van der Waals surface area contributed by atoms with E-state index in [1.807, 2.05) is 115 Å². The minimum absolute atomic E-state index is 0.312. The second-order valence-electron chi connectivity index (χ2n) is 13.6. The molecule has 7 aromatic rings. The Morgan fingerprint density at radius 3 is 1.25 bits per heavy atom. The molecule has 0 amide bonds. The van der Waals surface area contributed by atoms with Crippen molar-refractivity contribution in [3.8, 4) is 50.6 Å². The highest BCUT2D eigenvalue weighted by Gasteiger charge is 2.20. The van der Waals surface area contributed by atoms with Crippen molar-refractivity contribution in [2.75, 3.05) is 6.61 Å². The van der Waals surface area contributed by atoms with E-state index < -0.39 is 18.5 Å². The summed E-state index contributed by atoms with van der Waals surface area (Å²) in [7, 11) is 0. The fourth-order valence-corrected chi connectivity index (χ4v) is 6.93. The molecule has 8 bridgehead atoms. The smallest absolute Gasteiger partial charge is 0.341 e. The lowest BCUT2D eigenvalue weighted by Crippen LogP contribution is -2.09. The van der Waals surface area contributed by atoms with Crippen LogP contribution in [0, 0.1) is 0 Å². The van der Waals surface area contributed by atoms with Crippen LogP contribution in [0.2, 0.25) is 0 Å². The Kier molecular flexibility index (Phi) is 10.9. The maximum absolute atomic E-state index is 11.1. The summed E-state index contributed by atoms with van der Waals surface area (Å²) < 4.78 is 5.45. The lowest BCUT2D eigenvalue weighted by molar-refractivity contribution is -0.140. The number of aromatic amines is 2. The molecule has 0 saturated heterocycles. The third-order valence-electron chi connectivity index (χ3n) is 9.42. The van der Waals surface area contributed by atoms with Crippen LogP contribution < -0.4 is 4.74 Å². The van der Waals surface area contributed by atoms with Gasteiger partial charge in [-0.15, -0.1) is 0 Å². The fourth-order valence-electron chi connectivity index (χ4n) is 6.93. The van der Waals surface area contributed by atoms with Gasteiger partial charge in [-0.25, -0.2) is 14.8 Å². The van der Waals surface area contributed by atoms with Gasteiger partial charge in [0, 0.05) is 46.4 Å². The number of ketones is 1. The molecular weight excluding hydrogens is 759 g/mol. The first kappa shape index (κ1) is 38.5. The van der Waals surface area contributed by atoms with Crippen molar-refractivity contribution >= 4 is 64.1 Å². The number of rotatable bonds is 9. The summed E-state index contributed by atoms with van der Waals surface area (Å²) in [6.45, 7) is 0.815. The van der Waals surface area contributed by atoms with E-state index >= 15 is 0 Å². The number of nitrogens with one attached hydrogen (secondary N) is 2. The van der Waals surface area contributed by atoms with Crippen LogP contribution in [0.5, 0.6) is 5.75 Å². The first-order chi connectivity index (χ1) is 29.2. The number of carbonyl (C=O) groups is 3. The van der Waals surface area contributed by atoms with Gasteiger partial charge < -0.3 is 24.9 Å². The number of pyridine rings is 3. The lowest BCUT2D eigenvalue weighted by atomic mass is 10.0. The maximum atomic E-state index is 11.1. The number of nitrogens with zero attached hydrogens (tertiary/aromatic N) is 5. The summed E-state index contributed by atoms with van der Waals surface area (Å²) in [6, 6.07) is 33.0. The Balaban J connectivity index is 0.000000657. The van der Waals surface area contributed by atoms with E-state index in [2.05, 4.69) is 9.97 Å². The molecule has 60 heavy (non-hydrogen) atoms. The molecule has 13 nitrogen and oxygen atoms in total. The highest BCUT2D eigenvalue weighted by Crippen LogP contribution is 2.37. The van der Waals surface area contributed by atoms with Gasteiger partial charge in [-0.1, -0.05) is 30.3 Å². The number of carbonyl (C=O) groups excluding carboxylic acids is 1. The number of carboxylic acids is 2. The number of H-pyrrole nitrogens is 2. The van der Waals surface area contributed by atoms with E-state index in [0.717, 1.165) is 89.7 Å². The summed E-state index contributed by atoms with van der Waals surface area (Å²) in [4.78, 5) is 62.7. The maximum Gasteiger partial charge on any atom is 0.341 e. The van der Waals surface area contributed by atoms with Gasteiger partial charge in [0.1, 0.15) is 18.0 Å². The number of Topliss-reactive ketones (excluding diaryl/α,β-unsaturated/α-hetero) is 1. The number of aliphatic carboxylic acids is 2. The van der Waals surface area contributed by atoms with Crippen molar-refractivity contribution in [3.05, 3.63) is 144 Å². The molecule has 0 unspecified atom stereocenters. The minimum atomic E-state index is -1.06. The number of ether oxygens (including phenoxy) is 1. The van der Waals surface area contributed by atoms with E-state index in [1.165, 1.54) is 6.92 Å². The van der Waals surface area contributed by atoms with Gasteiger partial charge >= 0.3 is 11.9 Å². The van der Waals surface area contributed by atoms with Crippen molar-refractivity contribution in [1.29, 1.82) is 0 Å². The number of benzene rings is 1. The largest absolute Gasteiger partial charge is 0.482 e. The van der Waals surface area contributed by atoms with E-state index in [1.54, 1.807) is 30.7 Å². The van der Waals surface area contributed by atoms with E-state index in [-0.39, 0.29) is 12.2 Å². The molecule has 0 aliphatic carbocycles. The van der Waals surface area contributed by atoms with Gasteiger partial charge in [0.15, 0.2) is 6.61 Å². The monoisotopic (exact) mass is 793 g/mol. The molecule has 0 spiro atoms. The lowest BCUT2D eigenvalue weighted by Gasteiger charge is -2.07. The molecule has 0 radical (unpaired) electrons.